The number of amides is 1. The van der Waals surface area contributed by atoms with Crippen molar-refractivity contribution in [1.82, 2.24) is 10.2 Å². The monoisotopic (exact) mass is 599 g/mol. The normalized spacial score (nSPS) is 20.2. The molecule has 3 aromatic carbocycles. The average Bonchev–Trinajstić information content (AvgIpc) is 3.71. The van der Waals surface area contributed by atoms with Crippen LogP contribution in [-0.2, 0) is 16.1 Å². The molecule has 2 aliphatic heterocycles. The SMILES string of the molecule is CC(C)(C)N1CCC(CC2=C(C(=O)N[C@H](c3cccc(F)c3)C3CC3=O)c3cccc(Cl)c3CN2c2ccccc2)CC1. The van der Waals surface area contributed by atoms with Gasteiger partial charge in [-0.1, -0.05) is 54.1 Å². The van der Waals surface area contributed by atoms with Crippen LogP contribution in [0, 0.1) is 17.7 Å². The molecule has 3 aromatic rings. The van der Waals surface area contributed by atoms with Gasteiger partial charge in [-0.3, -0.25) is 14.5 Å². The Kier molecular flexibility index (Phi) is 8.18. The van der Waals surface area contributed by atoms with Gasteiger partial charge in [-0.15, -0.1) is 0 Å². The lowest BCUT2D eigenvalue weighted by molar-refractivity contribution is -0.116. The summed E-state index contributed by atoms with van der Waals surface area (Å²) in [6, 6.07) is 21.5. The van der Waals surface area contributed by atoms with Gasteiger partial charge in [0.05, 0.1) is 11.6 Å². The maximum atomic E-state index is 14.5. The number of halogens is 2. The van der Waals surface area contributed by atoms with Gasteiger partial charge in [0.1, 0.15) is 11.6 Å². The van der Waals surface area contributed by atoms with Crippen LogP contribution in [0.1, 0.15) is 69.2 Å². The minimum absolute atomic E-state index is 0.0763. The summed E-state index contributed by atoms with van der Waals surface area (Å²) >= 11 is 6.79. The van der Waals surface area contributed by atoms with Crippen LogP contribution in [0.15, 0.2) is 78.5 Å². The highest BCUT2D eigenvalue weighted by molar-refractivity contribution is 6.32. The number of ketones is 1. The maximum absolute atomic E-state index is 14.5. The second-order valence-corrected chi connectivity index (χ2v) is 13.5. The number of rotatable bonds is 7. The highest BCUT2D eigenvalue weighted by Crippen LogP contribution is 2.43. The molecular weight excluding hydrogens is 561 g/mol. The number of anilines is 1. The number of carbonyl (C=O) groups is 2. The molecule has 7 heteroatoms. The van der Waals surface area contributed by atoms with Crippen molar-refractivity contribution in [2.24, 2.45) is 11.8 Å². The average molecular weight is 600 g/mol. The molecular formula is C36H39ClFN3O2. The zero-order valence-corrected chi connectivity index (χ0v) is 25.8. The van der Waals surface area contributed by atoms with Gasteiger partial charge in [0.25, 0.3) is 5.91 Å². The van der Waals surface area contributed by atoms with Gasteiger partial charge < -0.3 is 10.2 Å². The molecule has 1 aliphatic carbocycles. The number of nitrogens with one attached hydrogen (secondary N) is 1. The van der Waals surface area contributed by atoms with Gasteiger partial charge in [-0.05, 0) is 106 Å². The number of piperidine rings is 1. The number of allylic oxidation sites excluding steroid dienone is 1. The summed E-state index contributed by atoms with van der Waals surface area (Å²) in [7, 11) is 0. The minimum atomic E-state index is -0.603. The van der Waals surface area contributed by atoms with Crippen molar-refractivity contribution in [2.45, 2.75) is 64.6 Å². The van der Waals surface area contributed by atoms with Crippen LogP contribution in [0.4, 0.5) is 10.1 Å². The Labute approximate surface area is 258 Å². The number of benzene rings is 3. The van der Waals surface area contributed by atoms with Crippen molar-refractivity contribution in [3.05, 3.63) is 106 Å². The van der Waals surface area contributed by atoms with E-state index in [4.69, 9.17) is 11.6 Å². The van der Waals surface area contributed by atoms with Crippen LogP contribution in [0.2, 0.25) is 5.02 Å². The van der Waals surface area contributed by atoms with E-state index in [9.17, 15) is 14.0 Å². The summed E-state index contributed by atoms with van der Waals surface area (Å²) in [4.78, 5) is 31.7. The summed E-state index contributed by atoms with van der Waals surface area (Å²) in [5.41, 5.74) is 4.99. The molecule has 2 heterocycles. The van der Waals surface area contributed by atoms with Crippen LogP contribution in [0.25, 0.3) is 5.57 Å². The Morgan fingerprint density at radius 1 is 1.02 bits per heavy atom. The van der Waals surface area contributed by atoms with Crippen LogP contribution in [0.3, 0.4) is 0 Å². The molecule has 0 aromatic heterocycles. The Bertz CT molecular complexity index is 1560. The first-order valence-electron chi connectivity index (χ1n) is 15.3. The molecule has 43 heavy (non-hydrogen) atoms. The van der Waals surface area contributed by atoms with Crippen molar-refractivity contribution in [3.8, 4) is 0 Å². The predicted molar refractivity (Wildman–Crippen MR) is 170 cm³/mol. The molecule has 0 radical (unpaired) electrons. The van der Waals surface area contributed by atoms with E-state index < -0.39 is 11.9 Å². The topological polar surface area (TPSA) is 52.7 Å². The van der Waals surface area contributed by atoms with Crippen molar-refractivity contribution in [3.63, 3.8) is 0 Å². The molecule has 0 bridgehead atoms. The third-order valence-electron chi connectivity index (χ3n) is 9.23. The summed E-state index contributed by atoms with van der Waals surface area (Å²) < 4.78 is 14.3. The van der Waals surface area contributed by atoms with Gasteiger partial charge in [-0.25, -0.2) is 4.39 Å². The summed E-state index contributed by atoms with van der Waals surface area (Å²) in [6.45, 7) is 9.37. The molecule has 6 rings (SSSR count). The Morgan fingerprint density at radius 2 is 1.72 bits per heavy atom. The molecule has 1 saturated carbocycles. The van der Waals surface area contributed by atoms with Crippen molar-refractivity contribution in [1.29, 1.82) is 0 Å². The first-order valence-corrected chi connectivity index (χ1v) is 15.7. The molecule has 3 aliphatic rings. The van der Waals surface area contributed by atoms with Gasteiger partial charge in [0, 0.05) is 40.8 Å². The van der Waals surface area contributed by atoms with Crippen LogP contribution < -0.4 is 10.2 Å². The zero-order chi connectivity index (χ0) is 30.3. The Balaban J connectivity index is 1.43. The molecule has 224 valence electrons. The van der Waals surface area contributed by atoms with E-state index in [1.807, 2.05) is 36.4 Å². The predicted octanol–water partition coefficient (Wildman–Crippen LogP) is 7.56. The summed E-state index contributed by atoms with van der Waals surface area (Å²) in [5.74, 6) is -0.527. The third kappa shape index (κ3) is 6.27. The van der Waals surface area contributed by atoms with Crippen molar-refractivity contribution < 1.29 is 14.0 Å². The third-order valence-corrected chi connectivity index (χ3v) is 9.58. The van der Waals surface area contributed by atoms with Gasteiger partial charge in [0.15, 0.2) is 0 Å². The molecule has 5 nitrogen and oxygen atoms in total. The maximum Gasteiger partial charge on any atom is 0.254 e. The highest BCUT2D eigenvalue weighted by atomic mass is 35.5. The fourth-order valence-electron chi connectivity index (χ4n) is 6.69. The largest absolute Gasteiger partial charge is 0.344 e. The standard InChI is InChI=1S/C36H39ClFN3O2/c1-36(2,3)40-17-15-23(16-18-40)19-31-33(35(43)39-34(28-21-32(28)42)24-9-7-10-25(38)20-24)27-13-8-14-30(37)29(27)22-41(31)26-11-5-4-6-12-26/h4-14,20,23,28,34H,15-19,21-22H2,1-3H3,(H,39,43)/t28?,34-/m1/s1. The van der Waals surface area contributed by atoms with E-state index in [1.54, 1.807) is 12.1 Å². The Morgan fingerprint density at radius 3 is 2.37 bits per heavy atom. The lowest BCUT2D eigenvalue weighted by atomic mass is 9.84. The van der Waals surface area contributed by atoms with E-state index in [0.29, 0.717) is 35.0 Å². The smallest absolute Gasteiger partial charge is 0.254 e. The van der Waals surface area contributed by atoms with Crippen LogP contribution in [0.5, 0.6) is 0 Å². The summed E-state index contributed by atoms with van der Waals surface area (Å²) in [6.07, 6.45) is 3.21. The molecule has 2 atom stereocenters. The van der Waals surface area contributed by atoms with Gasteiger partial charge >= 0.3 is 0 Å². The Hall–Kier alpha value is -3.48. The number of para-hydroxylation sites is 1. The number of nitrogens with zero attached hydrogens (tertiary/aromatic N) is 2. The fourth-order valence-corrected chi connectivity index (χ4v) is 6.93. The molecule has 2 fully saturated rings. The second-order valence-electron chi connectivity index (χ2n) is 13.1. The van der Waals surface area contributed by atoms with Crippen LogP contribution >= 0.6 is 11.6 Å². The summed E-state index contributed by atoms with van der Waals surface area (Å²) in [5, 5.41) is 3.80. The van der Waals surface area contributed by atoms with Crippen molar-refractivity contribution in [2.75, 3.05) is 18.0 Å². The zero-order valence-electron chi connectivity index (χ0n) is 25.1. The number of Topliss-reactive ketones (excluding diaryl/α,β-unsaturated/α-hetero) is 1. The molecule has 0 spiro atoms. The minimum Gasteiger partial charge on any atom is -0.344 e. The van der Waals surface area contributed by atoms with E-state index in [2.05, 4.69) is 48.0 Å². The number of carbonyl (C=O) groups excluding carboxylic acids is 2. The molecule has 1 amide bonds. The lowest BCUT2D eigenvalue weighted by Gasteiger charge is -2.42. The van der Waals surface area contributed by atoms with Crippen molar-refractivity contribution >= 4 is 34.6 Å². The number of likely N-dealkylation sites (tertiary alicyclic amines) is 1. The molecule has 1 N–H and O–H groups in total. The highest BCUT2D eigenvalue weighted by Gasteiger charge is 2.44. The number of hydrogen-bond donors (Lipinski definition) is 1. The number of hydrogen-bond acceptors (Lipinski definition) is 4. The van der Waals surface area contributed by atoms with Gasteiger partial charge in [-0.2, -0.15) is 0 Å². The first kappa shape index (κ1) is 29.6. The lowest BCUT2D eigenvalue weighted by Crippen LogP contribution is -2.46. The second kappa shape index (κ2) is 11.9. The van der Waals surface area contributed by atoms with E-state index >= 15 is 0 Å². The van der Waals surface area contributed by atoms with Gasteiger partial charge in [0.2, 0.25) is 0 Å². The van der Waals surface area contributed by atoms with Crippen LogP contribution in [-0.4, -0.2) is 35.2 Å². The molecule has 1 unspecified atom stereocenters. The fraction of sp³-hybridized carbons (Fsp3) is 0.389. The quantitative estimate of drug-likeness (QED) is 0.304. The molecule has 1 saturated heterocycles. The van der Waals surface area contributed by atoms with E-state index in [0.717, 1.165) is 54.9 Å². The number of fused-ring (bicyclic) bond motifs is 1. The van der Waals surface area contributed by atoms with E-state index in [1.165, 1.54) is 12.1 Å². The van der Waals surface area contributed by atoms with E-state index in [-0.39, 0.29) is 23.1 Å². The first-order chi connectivity index (χ1) is 20.6.